The molecule has 2 aromatic carbocycles. The van der Waals surface area contributed by atoms with Gasteiger partial charge >= 0.3 is 0 Å². The molecule has 1 saturated heterocycles. The van der Waals surface area contributed by atoms with Crippen molar-refractivity contribution < 1.29 is 8.60 Å². The third-order valence-electron chi connectivity index (χ3n) is 5.85. The summed E-state index contributed by atoms with van der Waals surface area (Å²) in [4.78, 5) is 8.54. The summed E-state index contributed by atoms with van der Waals surface area (Å²) >= 11 is 0. The fraction of sp³-hybridized carbons (Fsp3) is 0.217. The molecule has 9 heteroatoms. The van der Waals surface area contributed by atoms with Crippen LogP contribution < -0.4 is 11.5 Å². The van der Waals surface area contributed by atoms with E-state index in [2.05, 4.69) is 14.3 Å². The Kier molecular flexibility index (Phi) is 4.85. The molecule has 1 fully saturated rings. The third-order valence-corrected chi connectivity index (χ3v) is 8.25. The molecule has 0 aliphatic carbocycles. The van der Waals surface area contributed by atoms with E-state index in [0.717, 1.165) is 24.0 Å². The van der Waals surface area contributed by atoms with Gasteiger partial charge in [0.2, 0.25) is 0 Å². The number of nitrogen functional groups attached to an aromatic ring is 2. The number of fused-ring (bicyclic) bond motifs is 1. The Morgan fingerprint density at radius 3 is 2.47 bits per heavy atom. The minimum absolute atomic E-state index is 0.311. The van der Waals surface area contributed by atoms with Crippen molar-refractivity contribution in [3.8, 4) is 22.4 Å². The van der Waals surface area contributed by atoms with Crippen LogP contribution in [0, 0.1) is 5.82 Å². The Balaban J connectivity index is 1.74. The van der Waals surface area contributed by atoms with Crippen molar-refractivity contribution in [2.75, 3.05) is 23.0 Å². The zero-order valence-electron chi connectivity index (χ0n) is 17.6. The van der Waals surface area contributed by atoms with Crippen molar-refractivity contribution in [2.24, 2.45) is 11.4 Å². The monoisotopic (exact) mass is 450 g/mol. The number of hydrogen-bond donors (Lipinski definition) is 2. The molecular weight excluding hydrogens is 427 g/mol. The average molecular weight is 451 g/mol. The van der Waals surface area contributed by atoms with Gasteiger partial charge in [-0.1, -0.05) is 12.1 Å². The van der Waals surface area contributed by atoms with Crippen molar-refractivity contribution >= 4 is 38.0 Å². The lowest BCUT2D eigenvalue weighted by atomic mass is 9.98. The summed E-state index contributed by atoms with van der Waals surface area (Å²) in [6, 6.07) is 12.1. The van der Waals surface area contributed by atoms with Gasteiger partial charge < -0.3 is 16.0 Å². The van der Waals surface area contributed by atoms with Gasteiger partial charge in [0.15, 0.2) is 0 Å². The number of rotatable bonds is 3. The molecule has 0 amide bonds. The fourth-order valence-corrected chi connectivity index (χ4v) is 6.53. The Hall–Kier alpha value is -3.46. The van der Waals surface area contributed by atoms with Crippen LogP contribution in [0.25, 0.3) is 33.4 Å². The van der Waals surface area contributed by atoms with E-state index in [-0.39, 0.29) is 0 Å². The van der Waals surface area contributed by atoms with Gasteiger partial charge in [-0.25, -0.2) is 18.6 Å². The minimum Gasteiger partial charge on any atom is -0.399 e. The SMILES string of the molecule is Cn1c(-c2ccc(N)cc2F)c(-c2ccc(N=S3(=O)CCCC3)cc2)c2c(N)ncnc21. The lowest BCUT2D eigenvalue weighted by Crippen LogP contribution is -1.99. The first-order chi connectivity index (χ1) is 15.4. The van der Waals surface area contributed by atoms with Crippen molar-refractivity contribution in [3.05, 3.63) is 54.6 Å². The van der Waals surface area contributed by atoms with Gasteiger partial charge in [-0.2, -0.15) is 4.36 Å². The smallest absolute Gasteiger partial charge is 0.146 e. The first kappa shape index (κ1) is 20.4. The lowest BCUT2D eigenvalue weighted by molar-refractivity contribution is 0.630. The van der Waals surface area contributed by atoms with Crippen LogP contribution in [0.15, 0.2) is 53.2 Å². The largest absolute Gasteiger partial charge is 0.399 e. The second kappa shape index (κ2) is 7.59. The summed E-state index contributed by atoms with van der Waals surface area (Å²) in [5.41, 5.74) is 16.2. The summed E-state index contributed by atoms with van der Waals surface area (Å²) in [7, 11) is -0.346. The summed E-state index contributed by atoms with van der Waals surface area (Å²) in [6.07, 6.45) is 3.29. The highest BCUT2D eigenvalue weighted by atomic mass is 32.2. The van der Waals surface area contributed by atoms with Gasteiger partial charge in [0, 0.05) is 35.4 Å². The second-order valence-electron chi connectivity index (χ2n) is 8.01. The van der Waals surface area contributed by atoms with E-state index in [4.69, 9.17) is 11.5 Å². The number of nitrogens with zero attached hydrogens (tertiary/aromatic N) is 4. The Labute approximate surface area is 185 Å². The molecule has 5 rings (SSSR count). The molecule has 1 aliphatic heterocycles. The maximum Gasteiger partial charge on any atom is 0.146 e. The van der Waals surface area contributed by atoms with Gasteiger partial charge in [0.05, 0.1) is 26.5 Å². The number of hydrogen-bond acceptors (Lipinski definition) is 6. The maximum absolute atomic E-state index is 15.0. The highest BCUT2D eigenvalue weighted by Gasteiger charge is 2.24. The molecule has 0 unspecified atom stereocenters. The van der Waals surface area contributed by atoms with E-state index in [1.165, 1.54) is 12.4 Å². The van der Waals surface area contributed by atoms with Crippen molar-refractivity contribution in [3.63, 3.8) is 0 Å². The molecule has 0 atom stereocenters. The Morgan fingerprint density at radius 2 is 1.78 bits per heavy atom. The minimum atomic E-state index is -2.16. The van der Waals surface area contributed by atoms with Crippen LogP contribution >= 0.6 is 0 Å². The Bertz CT molecular complexity index is 1460. The zero-order chi connectivity index (χ0) is 22.5. The summed E-state index contributed by atoms with van der Waals surface area (Å²) in [5.74, 6) is 1.16. The summed E-state index contributed by atoms with van der Waals surface area (Å²) in [6.45, 7) is 0. The number of anilines is 2. The molecule has 164 valence electrons. The molecule has 1 aliphatic rings. The van der Waals surface area contributed by atoms with Crippen LogP contribution in [0.2, 0.25) is 0 Å². The highest BCUT2D eigenvalue weighted by molar-refractivity contribution is 7.93. The van der Waals surface area contributed by atoms with Crippen LogP contribution in [-0.4, -0.2) is 30.2 Å². The van der Waals surface area contributed by atoms with E-state index < -0.39 is 15.5 Å². The van der Waals surface area contributed by atoms with Crippen molar-refractivity contribution in [2.45, 2.75) is 12.8 Å². The van der Waals surface area contributed by atoms with E-state index in [0.29, 0.717) is 51.0 Å². The second-order valence-corrected chi connectivity index (χ2v) is 10.5. The molecule has 0 bridgehead atoms. The summed E-state index contributed by atoms with van der Waals surface area (Å²) < 4.78 is 34.1. The van der Waals surface area contributed by atoms with Gasteiger partial charge in [-0.3, -0.25) is 0 Å². The maximum atomic E-state index is 15.0. The normalized spacial score (nSPS) is 15.3. The topological polar surface area (TPSA) is 112 Å². The van der Waals surface area contributed by atoms with Crippen LogP contribution in [0.1, 0.15) is 12.8 Å². The molecule has 7 nitrogen and oxygen atoms in total. The number of aryl methyl sites for hydroxylation is 1. The molecule has 0 radical (unpaired) electrons. The summed E-state index contributed by atoms with van der Waals surface area (Å²) in [5, 5.41) is 0.646. The van der Waals surface area contributed by atoms with Gasteiger partial charge in [-0.15, -0.1) is 0 Å². The molecule has 0 spiro atoms. The third kappa shape index (κ3) is 3.38. The van der Waals surface area contributed by atoms with Gasteiger partial charge in [-0.05, 0) is 48.7 Å². The van der Waals surface area contributed by atoms with Gasteiger partial charge in [0.1, 0.15) is 23.6 Å². The molecular formula is C23H23FN6OS. The van der Waals surface area contributed by atoms with Crippen LogP contribution in [0.5, 0.6) is 0 Å². The van der Waals surface area contributed by atoms with E-state index in [1.54, 1.807) is 12.1 Å². The zero-order valence-corrected chi connectivity index (χ0v) is 18.4. The predicted octanol–water partition coefficient (Wildman–Crippen LogP) is 4.50. The number of benzene rings is 2. The average Bonchev–Trinajstić information content (AvgIpc) is 3.31. The van der Waals surface area contributed by atoms with E-state index in [1.807, 2.05) is 35.9 Å². The standard InChI is InChI=1S/C23H23FN6OS/c1-30-21(17-9-6-15(25)12-18(17)24)19(20-22(26)27-13-28-23(20)30)14-4-7-16(8-5-14)29-32(31)10-2-3-11-32/h4-9,12-13H,2-3,10-11,25H2,1H3,(H2,26,27,28). The molecule has 4 N–H and O–H groups in total. The number of aromatic nitrogens is 3. The fourth-order valence-electron chi connectivity index (χ4n) is 4.33. The van der Waals surface area contributed by atoms with Crippen LogP contribution in [0.4, 0.5) is 21.6 Å². The van der Waals surface area contributed by atoms with Crippen molar-refractivity contribution in [1.82, 2.24) is 14.5 Å². The quantitative estimate of drug-likeness (QED) is 0.446. The lowest BCUT2D eigenvalue weighted by Gasteiger charge is -2.11. The predicted molar refractivity (Wildman–Crippen MR) is 127 cm³/mol. The van der Waals surface area contributed by atoms with Gasteiger partial charge in [0.25, 0.3) is 0 Å². The number of halogens is 1. The highest BCUT2D eigenvalue weighted by Crippen LogP contribution is 2.42. The number of nitrogens with two attached hydrogens (primary N) is 2. The molecule has 32 heavy (non-hydrogen) atoms. The Morgan fingerprint density at radius 1 is 1.06 bits per heavy atom. The molecule has 2 aromatic heterocycles. The first-order valence-electron chi connectivity index (χ1n) is 10.3. The first-order valence-corrected chi connectivity index (χ1v) is 12.2. The van der Waals surface area contributed by atoms with Crippen molar-refractivity contribution in [1.29, 1.82) is 0 Å². The molecule has 0 saturated carbocycles. The van der Waals surface area contributed by atoms with E-state index >= 15 is 0 Å². The molecule has 3 heterocycles. The van der Waals surface area contributed by atoms with Crippen LogP contribution in [0.3, 0.4) is 0 Å². The van der Waals surface area contributed by atoms with E-state index in [9.17, 15) is 8.60 Å². The molecule has 4 aromatic rings. The van der Waals surface area contributed by atoms with Crippen LogP contribution in [-0.2, 0) is 16.8 Å².